The summed E-state index contributed by atoms with van der Waals surface area (Å²) >= 11 is 0. The highest BCUT2D eigenvalue weighted by Gasteiger charge is 2.39. The second-order valence-electron chi connectivity index (χ2n) is 7.85. The van der Waals surface area contributed by atoms with Crippen molar-refractivity contribution in [2.45, 2.75) is 51.4 Å². The molecule has 1 fully saturated rings. The number of aromatic nitrogens is 5. The van der Waals surface area contributed by atoms with Gasteiger partial charge in [0.05, 0.1) is 36.2 Å². The van der Waals surface area contributed by atoms with Gasteiger partial charge in [-0.15, -0.1) is 0 Å². The molecule has 1 N–H and O–H groups in total. The zero-order valence-electron chi connectivity index (χ0n) is 17.5. The minimum absolute atomic E-state index is 0.00428. The largest absolute Gasteiger partial charge is 0.433 e. The molecule has 3 aromatic heterocycles. The third-order valence-corrected chi connectivity index (χ3v) is 5.34. The van der Waals surface area contributed by atoms with Gasteiger partial charge in [0.1, 0.15) is 28.4 Å². The lowest BCUT2D eigenvalue weighted by Crippen LogP contribution is -2.33. The van der Waals surface area contributed by atoms with E-state index in [4.69, 9.17) is 0 Å². The molecule has 1 saturated carbocycles. The number of amides is 1. The molecule has 1 aliphatic carbocycles. The second-order valence-corrected chi connectivity index (χ2v) is 7.85. The Balaban J connectivity index is 1.75. The van der Waals surface area contributed by atoms with Gasteiger partial charge in [-0.2, -0.15) is 13.2 Å². The number of carbonyl (C=O) groups is 1. The SMILES string of the molecule is Cc1nc(C(F)(F)F)cc2c1nc([C@@H](NC(=O)c1cnc(C(F)F)cn1)C1CC1)n2CC(F)F. The predicted molar refractivity (Wildman–Crippen MR) is 103 cm³/mol. The molecule has 0 spiro atoms. The molecule has 1 aliphatic rings. The number of nitrogens with one attached hydrogen (secondary N) is 1. The Morgan fingerprint density at radius 1 is 1.15 bits per heavy atom. The van der Waals surface area contributed by atoms with E-state index >= 15 is 0 Å². The number of hydrogen-bond donors (Lipinski definition) is 1. The standard InChI is InChI=1S/C20H17F7N6O/c1-8-15-12(4-13(30-8)20(25,26)27)33(7-14(21)22)18(31-15)16(9-2-3-9)32-19(34)11-6-28-10(5-29-11)17(23)24/h4-6,9,14,16-17H,2-3,7H2,1H3,(H,32,34)/t16-/m0/s1. The summed E-state index contributed by atoms with van der Waals surface area (Å²) in [5, 5.41) is 2.60. The molecule has 0 aliphatic heterocycles. The number of alkyl halides is 7. The summed E-state index contributed by atoms with van der Waals surface area (Å²) in [6.07, 6.45) is -7.77. The van der Waals surface area contributed by atoms with Crippen molar-refractivity contribution in [3.8, 4) is 0 Å². The highest BCUT2D eigenvalue weighted by molar-refractivity contribution is 5.92. The van der Waals surface area contributed by atoms with Gasteiger partial charge in [0.2, 0.25) is 0 Å². The average Bonchev–Trinajstić information content (AvgIpc) is 3.54. The lowest BCUT2D eigenvalue weighted by atomic mass is 10.1. The summed E-state index contributed by atoms with van der Waals surface area (Å²) in [6.45, 7) is 0.334. The van der Waals surface area contributed by atoms with Gasteiger partial charge in [-0.05, 0) is 31.7 Å². The van der Waals surface area contributed by atoms with E-state index in [-0.39, 0.29) is 34.2 Å². The van der Waals surface area contributed by atoms with Gasteiger partial charge in [0, 0.05) is 0 Å². The van der Waals surface area contributed by atoms with Crippen LogP contribution < -0.4 is 5.32 Å². The van der Waals surface area contributed by atoms with E-state index in [0.717, 1.165) is 17.0 Å². The number of imidazole rings is 1. The van der Waals surface area contributed by atoms with E-state index in [9.17, 15) is 35.5 Å². The molecule has 182 valence electrons. The van der Waals surface area contributed by atoms with E-state index in [0.29, 0.717) is 18.9 Å². The van der Waals surface area contributed by atoms with Crippen molar-refractivity contribution < 1.29 is 35.5 Å². The lowest BCUT2D eigenvalue weighted by molar-refractivity contribution is -0.141. The molecule has 14 heteroatoms. The summed E-state index contributed by atoms with van der Waals surface area (Å²) in [7, 11) is 0. The minimum atomic E-state index is -4.80. The highest BCUT2D eigenvalue weighted by atomic mass is 19.4. The molecule has 3 heterocycles. The van der Waals surface area contributed by atoms with E-state index in [1.807, 2.05) is 0 Å². The molecule has 0 saturated heterocycles. The van der Waals surface area contributed by atoms with E-state index in [2.05, 4.69) is 25.3 Å². The Kier molecular flexibility index (Phi) is 6.16. The topological polar surface area (TPSA) is 85.6 Å². The van der Waals surface area contributed by atoms with Crippen molar-refractivity contribution in [3.63, 3.8) is 0 Å². The maximum absolute atomic E-state index is 13.4. The molecule has 3 aromatic rings. The van der Waals surface area contributed by atoms with Gasteiger partial charge in [0.15, 0.2) is 0 Å². The molecule has 1 amide bonds. The van der Waals surface area contributed by atoms with Gasteiger partial charge in [0.25, 0.3) is 18.8 Å². The number of aryl methyl sites for hydroxylation is 1. The van der Waals surface area contributed by atoms with Crippen LogP contribution in [-0.2, 0) is 12.7 Å². The van der Waals surface area contributed by atoms with Crippen molar-refractivity contribution in [2.24, 2.45) is 5.92 Å². The second kappa shape index (κ2) is 8.80. The first kappa shape index (κ1) is 23.8. The quantitative estimate of drug-likeness (QED) is 0.488. The minimum Gasteiger partial charge on any atom is -0.340 e. The zero-order chi connectivity index (χ0) is 24.8. The van der Waals surface area contributed by atoms with Crippen LogP contribution in [0.25, 0.3) is 11.0 Å². The van der Waals surface area contributed by atoms with Crippen LogP contribution in [0.1, 0.15) is 58.7 Å². The molecular weight excluding hydrogens is 473 g/mol. The monoisotopic (exact) mass is 490 g/mol. The maximum atomic E-state index is 13.4. The van der Waals surface area contributed by atoms with Crippen molar-refractivity contribution in [3.05, 3.63) is 47.1 Å². The lowest BCUT2D eigenvalue weighted by Gasteiger charge is -2.19. The molecule has 0 aromatic carbocycles. The summed E-state index contributed by atoms with van der Waals surface area (Å²) in [5.41, 5.74) is -2.45. The number of rotatable bonds is 7. The Morgan fingerprint density at radius 3 is 2.38 bits per heavy atom. The molecule has 1 atom stereocenters. The van der Waals surface area contributed by atoms with Gasteiger partial charge in [-0.3, -0.25) is 9.78 Å². The van der Waals surface area contributed by atoms with Crippen LogP contribution in [0, 0.1) is 12.8 Å². The molecule has 0 bridgehead atoms. The molecule has 4 rings (SSSR count). The highest BCUT2D eigenvalue weighted by Crippen LogP contribution is 2.42. The Bertz CT molecular complexity index is 1200. The Hall–Kier alpha value is -3.32. The van der Waals surface area contributed by atoms with Crippen LogP contribution in [0.3, 0.4) is 0 Å². The van der Waals surface area contributed by atoms with Gasteiger partial charge < -0.3 is 9.88 Å². The normalized spacial score (nSPS) is 15.4. The third-order valence-electron chi connectivity index (χ3n) is 5.34. The fourth-order valence-corrected chi connectivity index (χ4v) is 3.61. The molecule has 34 heavy (non-hydrogen) atoms. The molecule has 7 nitrogen and oxygen atoms in total. The van der Waals surface area contributed by atoms with Crippen molar-refractivity contribution in [1.29, 1.82) is 0 Å². The number of nitrogens with zero attached hydrogens (tertiary/aromatic N) is 5. The van der Waals surface area contributed by atoms with E-state index < -0.39 is 48.9 Å². The third kappa shape index (κ3) is 4.80. The van der Waals surface area contributed by atoms with Crippen LogP contribution in [0.15, 0.2) is 18.5 Å². The first-order valence-corrected chi connectivity index (χ1v) is 10.1. The average molecular weight is 490 g/mol. The van der Waals surface area contributed by atoms with Crippen molar-refractivity contribution >= 4 is 16.9 Å². The van der Waals surface area contributed by atoms with Crippen LogP contribution in [-0.4, -0.2) is 36.8 Å². The number of halogens is 7. The van der Waals surface area contributed by atoms with Crippen LogP contribution in [0.5, 0.6) is 0 Å². The molecular formula is C20H17F7N6O. The van der Waals surface area contributed by atoms with E-state index in [1.54, 1.807) is 0 Å². The maximum Gasteiger partial charge on any atom is 0.433 e. The van der Waals surface area contributed by atoms with Gasteiger partial charge in [-0.25, -0.2) is 32.5 Å². The molecule has 0 radical (unpaired) electrons. The first-order chi connectivity index (χ1) is 16.0. The summed E-state index contributed by atoms with van der Waals surface area (Å²) in [6, 6.07) is -0.273. The zero-order valence-corrected chi connectivity index (χ0v) is 17.5. The number of pyridine rings is 1. The number of carbonyl (C=O) groups excluding carboxylic acids is 1. The summed E-state index contributed by atoms with van der Waals surface area (Å²) in [5.74, 6) is -1.07. The fourth-order valence-electron chi connectivity index (χ4n) is 3.61. The number of fused-ring (bicyclic) bond motifs is 1. The number of hydrogen-bond acceptors (Lipinski definition) is 5. The van der Waals surface area contributed by atoms with E-state index in [1.165, 1.54) is 6.92 Å². The van der Waals surface area contributed by atoms with Crippen LogP contribution >= 0.6 is 0 Å². The Morgan fingerprint density at radius 2 is 1.85 bits per heavy atom. The molecule has 0 unspecified atom stereocenters. The van der Waals surface area contributed by atoms with Crippen molar-refractivity contribution in [2.75, 3.05) is 0 Å². The van der Waals surface area contributed by atoms with Crippen molar-refractivity contribution in [1.82, 2.24) is 29.8 Å². The fraction of sp³-hybridized carbons (Fsp3) is 0.450. The van der Waals surface area contributed by atoms with Gasteiger partial charge >= 0.3 is 6.18 Å². The van der Waals surface area contributed by atoms with Crippen LogP contribution in [0.2, 0.25) is 0 Å². The first-order valence-electron chi connectivity index (χ1n) is 10.1. The van der Waals surface area contributed by atoms with Gasteiger partial charge in [-0.1, -0.05) is 0 Å². The summed E-state index contributed by atoms with van der Waals surface area (Å²) < 4.78 is 92.9. The summed E-state index contributed by atoms with van der Waals surface area (Å²) in [4.78, 5) is 27.6. The Labute approximate surface area is 187 Å². The van der Waals surface area contributed by atoms with Crippen LogP contribution in [0.4, 0.5) is 30.7 Å². The predicted octanol–water partition coefficient (Wildman–Crippen LogP) is 4.63. The smallest absolute Gasteiger partial charge is 0.340 e.